The number of pyridine rings is 1. The van der Waals surface area contributed by atoms with Crippen molar-refractivity contribution < 1.29 is 0 Å². The van der Waals surface area contributed by atoms with Gasteiger partial charge in [0.25, 0.3) is 0 Å². The van der Waals surface area contributed by atoms with E-state index in [0.29, 0.717) is 0 Å². The van der Waals surface area contributed by atoms with E-state index in [-0.39, 0.29) is 6.04 Å². The lowest BCUT2D eigenvalue weighted by Crippen LogP contribution is -2.39. The molecular weight excluding hydrogens is 334 g/mol. The third kappa shape index (κ3) is 5.22. The molecule has 0 saturated carbocycles. The molecule has 1 aliphatic heterocycles. The summed E-state index contributed by atoms with van der Waals surface area (Å²) in [6.07, 6.45) is 7.31. The Morgan fingerprint density at radius 1 is 1.26 bits per heavy atom. The van der Waals surface area contributed by atoms with Gasteiger partial charge >= 0.3 is 0 Å². The molecule has 1 aromatic carbocycles. The molecule has 144 valence electrons. The van der Waals surface area contributed by atoms with E-state index in [1.165, 1.54) is 48.3 Å². The second-order valence-corrected chi connectivity index (χ2v) is 7.21. The van der Waals surface area contributed by atoms with Crippen molar-refractivity contribution in [3.05, 3.63) is 59.4 Å². The Morgan fingerprint density at radius 3 is 2.81 bits per heavy atom. The minimum absolute atomic E-state index is 0.196. The summed E-state index contributed by atoms with van der Waals surface area (Å²) in [7, 11) is 1.82. The number of guanidine groups is 1. The average Bonchev–Trinajstić information content (AvgIpc) is 3.23. The van der Waals surface area contributed by atoms with Crippen LogP contribution in [0.3, 0.4) is 0 Å². The second kappa shape index (κ2) is 9.40. The van der Waals surface area contributed by atoms with Crippen LogP contribution in [0.5, 0.6) is 0 Å². The summed E-state index contributed by atoms with van der Waals surface area (Å²) in [6.45, 7) is 7.46. The summed E-state index contributed by atoms with van der Waals surface area (Å²) in [5.74, 6) is 0.834. The van der Waals surface area contributed by atoms with Gasteiger partial charge in [-0.15, -0.1) is 0 Å². The number of nitrogens with zero attached hydrogens (tertiary/aromatic N) is 3. The number of aliphatic imine (C=N–C) groups is 1. The zero-order valence-corrected chi connectivity index (χ0v) is 16.7. The van der Waals surface area contributed by atoms with Gasteiger partial charge in [-0.3, -0.25) is 9.98 Å². The molecule has 1 saturated heterocycles. The van der Waals surface area contributed by atoms with Crippen LogP contribution in [0.2, 0.25) is 0 Å². The highest BCUT2D eigenvalue weighted by Crippen LogP contribution is 2.23. The first-order chi connectivity index (χ1) is 13.2. The highest BCUT2D eigenvalue weighted by Gasteiger charge is 2.14. The number of aromatic nitrogens is 1. The summed E-state index contributed by atoms with van der Waals surface area (Å²) in [5, 5.41) is 6.93. The molecule has 3 rings (SSSR count). The van der Waals surface area contributed by atoms with Crippen LogP contribution >= 0.6 is 0 Å². The van der Waals surface area contributed by atoms with E-state index >= 15 is 0 Å². The van der Waals surface area contributed by atoms with Crippen LogP contribution in [0.15, 0.2) is 47.7 Å². The lowest BCUT2D eigenvalue weighted by Gasteiger charge is -2.22. The van der Waals surface area contributed by atoms with Gasteiger partial charge in [-0.2, -0.15) is 0 Å². The first-order valence-corrected chi connectivity index (χ1v) is 9.89. The van der Waals surface area contributed by atoms with E-state index in [0.717, 1.165) is 18.9 Å². The molecule has 1 unspecified atom stereocenters. The monoisotopic (exact) mass is 365 g/mol. The number of anilines is 1. The maximum Gasteiger partial charge on any atom is 0.191 e. The molecule has 0 bridgehead atoms. The zero-order chi connectivity index (χ0) is 19.1. The normalized spacial score (nSPS) is 15.7. The molecule has 5 heteroatoms. The molecule has 0 radical (unpaired) electrons. The van der Waals surface area contributed by atoms with Gasteiger partial charge in [0.2, 0.25) is 0 Å². The average molecular weight is 366 g/mol. The molecule has 27 heavy (non-hydrogen) atoms. The number of nitrogens with one attached hydrogen (secondary N) is 2. The van der Waals surface area contributed by atoms with E-state index in [9.17, 15) is 0 Å². The van der Waals surface area contributed by atoms with Crippen LogP contribution in [0.25, 0.3) is 0 Å². The SMILES string of the molecule is CN=C(NCCc1ccncc1C)NC(C)c1cccc(N2CCCC2)c1. The number of hydrogen-bond acceptors (Lipinski definition) is 3. The number of benzene rings is 1. The van der Waals surface area contributed by atoms with Crippen molar-refractivity contribution >= 4 is 11.6 Å². The zero-order valence-electron chi connectivity index (χ0n) is 16.7. The fourth-order valence-electron chi connectivity index (χ4n) is 3.55. The van der Waals surface area contributed by atoms with E-state index in [2.05, 4.69) is 69.7 Å². The number of aryl methyl sites for hydroxylation is 1. The van der Waals surface area contributed by atoms with E-state index in [4.69, 9.17) is 0 Å². The number of hydrogen-bond donors (Lipinski definition) is 2. The van der Waals surface area contributed by atoms with Gasteiger partial charge in [0.15, 0.2) is 5.96 Å². The van der Waals surface area contributed by atoms with Crippen LogP contribution in [0.1, 0.15) is 42.5 Å². The molecule has 5 nitrogen and oxygen atoms in total. The molecule has 1 atom stereocenters. The van der Waals surface area contributed by atoms with Gasteiger partial charge in [-0.05, 0) is 68.0 Å². The molecule has 1 aliphatic rings. The molecule has 2 heterocycles. The third-order valence-corrected chi connectivity index (χ3v) is 5.24. The Balaban J connectivity index is 1.54. The number of rotatable bonds is 6. The van der Waals surface area contributed by atoms with Crippen LogP contribution in [-0.2, 0) is 6.42 Å². The fraction of sp³-hybridized carbons (Fsp3) is 0.455. The van der Waals surface area contributed by atoms with E-state index in [1.54, 1.807) is 0 Å². The Kier molecular flexibility index (Phi) is 6.69. The Labute approximate surface area is 162 Å². The van der Waals surface area contributed by atoms with Gasteiger partial charge in [-0.1, -0.05) is 12.1 Å². The van der Waals surface area contributed by atoms with Crippen molar-refractivity contribution in [1.82, 2.24) is 15.6 Å². The van der Waals surface area contributed by atoms with Crippen LogP contribution in [-0.4, -0.2) is 37.6 Å². The third-order valence-electron chi connectivity index (χ3n) is 5.24. The van der Waals surface area contributed by atoms with Crippen molar-refractivity contribution in [2.45, 2.75) is 39.2 Å². The summed E-state index contributed by atoms with van der Waals surface area (Å²) in [4.78, 5) is 11.0. The molecule has 0 spiro atoms. The summed E-state index contributed by atoms with van der Waals surface area (Å²) >= 11 is 0. The molecule has 2 N–H and O–H groups in total. The topological polar surface area (TPSA) is 52.6 Å². The van der Waals surface area contributed by atoms with Crippen LogP contribution < -0.4 is 15.5 Å². The maximum absolute atomic E-state index is 4.38. The summed E-state index contributed by atoms with van der Waals surface area (Å²) in [6, 6.07) is 11.1. The van der Waals surface area contributed by atoms with Gasteiger partial charge in [0, 0.05) is 44.8 Å². The van der Waals surface area contributed by atoms with Crippen LogP contribution in [0, 0.1) is 6.92 Å². The fourth-order valence-corrected chi connectivity index (χ4v) is 3.55. The molecule has 0 amide bonds. The second-order valence-electron chi connectivity index (χ2n) is 7.21. The van der Waals surface area contributed by atoms with Crippen molar-refractivity contribution in [1.29, 1.82) is 0 Å². The highest BCUT2D eigenvalue weighted by molar-refractivity contribution is 5.80. The minimum Gasteiger partial charge on any atom is -0.372 e. The maximum atomic E-state index is 4.38. The minimum atomic E-state index is 0.196. The Hall–Kier alpha value is -2.56. The molecule has 1 aromatic heterocycles. The van der Waals surface area contributed by atoms with Crippen molar-refractivity contribution in [2.24, 2.45) is 4.99 Å². The first-order valence-electron chi connectivity index (χ1n) is 9.89. The van der Waals surface area contributed by atoms with Gasteiger partial charge in [0.05, 0.1) is 6.04 Å². The molecule has 2 aromatic rings. The molecular formula is C22H31N5. The van der Waals surface area contributed by atoms with E-state index < -0.39 is 0 Å². The predicted octanol–water partition coefficient (Wildman–Crippen LogP) is 3.46. The van der Waals surface area contributed by atoms with Crippen molar-refractivity contribution in [2.75, 3.05) is 31.6 Å². The van der Waals surface area contributed by atoms with E-state index in [1.807, 2.05) is 19.4 Å². The van der Waals surface area contributed by atoms with Crippen molar-refractivity contribution in [3.8, 4) is 0 Å². The smallest absolute Gasteiger partial charge is 0.191 e. The van der Waals surface area contributed by atoms with Gasteiger partial charge in [-0.25, -0.2) is 0 Å². The summed E-state index contributed by atoms with van der Waals surface area (Å²) in [5.41, 5.74) is 5.16. The van der Waals surface area contributed by atoms with Gasteiger partial charge in [0.1, 0.15) is 0 Å². The lowest BCUT2D eigenvalue weighted by molar-refractivity contribution is 0.683. The largest absolute Gasteiger partial charge is 0.372 e. The Morgan fingerprint density at radius 2 is 2.07 bits per heavy atom. The van der Waals surface area contributed by atoms with Crippen LogP contribution in [0.4, 0.5) is 5.69 Å². The standard InChI is InChI=1S/C22H31N5/c1-17-16-24-11-9-19(17)10-12-25-22(23-3)26-18(2)20-7-6-8-21(15-20)27-13-4-5-14-27/h6-9,11,15-16,18H,4-5,10,12-14H2,1-3H3,(H2,23,25,26). The molecule has 1 fully saturated rings. The predicted molar refractivity (Wildman–Crippen MR) is 113 cm³/mol. The van der Waals surface area contributed by atoms with Gasteiger partial charge < -0.3 is 15.5 Å². The highest BCUT2D eigenvalue weighted by atomic mass is 15.2. The van der Waals surface area contributed by atoms with Crippen molar-refractivity contribution in [3.63, 3.8) is 0 Å². The quantitative estimate of drug-likeness (QED) is 0.608. The molecule has 0 aliphatic carbocycles. The Bertz CT molecular complexity index is 765. The lowest BCUT2D eigenvalue weighted by atomic mass is 10.1. The first kappa shape index (κ1) is 19.2. The summed E-state index contributed by atoms with van der Waals surface area (Å²) < 4.78 is 0.